The molecule has 4 heteroatoms. The number of amides is 1. The van der Waals surface area contributed by atoms with Gasteiger partial charge in [0.25, 0.3) is 5.91 Å². The van der Waals surface area contributed by atoms with Crippen LogP contribution in [0.25, 0.3) is 0 Å². The van der Waals surface area contributed by atoms with Crippen molar-refractivity contribution in [3.05, 3.63) is 34.9 Å². The van der Waals surface area contributed by atoms with Gasteiger partial charge < -0.3 is 4.90 Å². The predicted molar refractivity (Wildman–Crippen MR) is 70.8 cm³/mol. The highest BCUT2D eigenvalue weighted by Crippen LogP contribution is 2.26. The fourth-order valence-electron chi connectivity index (χ4n) is 2.24. The normalized spacial score (nSPS) is 18.8. The smallest absolute Gasteiger partial charge is 0.254 e. The maximum Gasteiger partial charge on any atom is 0.254 e. The number of Topliss-reactive ketones (excluding diaryl/α,β-unsaturated/α-hetero) is 1. The van der Waals surface area contributed by atoms with Crippen LogP contribution in [-0.4, -0.2) is 28.7 Å². The lowest BCUT2D eigenvalue weighted by molar-refractivity contribution is -0.130. The number of hydrogen-bond donors (Lipinski definition) is 0. The summed E-state index contributed by atoms with van der Waals surface area (Å²) in [5, 5.41) is 0.598. The van der Waals surface area contributed by atoms with E-state index in [4.69, 9.17) is 11.6 Å². The summed E-state index contributed by atoms with van der Waals surface area (Å²) in [6.45, 7) is 4.24. The molecule has 0 spiro atoms. The molecule has 0 unspecified atom stereocenters. The molecule has 0 atom stereocenters. The number of piperidine rings is 1. The summed E-state index contributed by atoms with van der Waals surface area (Å²) in [7, 11) is 0. The first-order chi connectivity index (χ1) is 8.43. The second-order valence-electron chi connectivity index (χ2n) is 5.05. The molecule has 0 radical (unpaired) electrons. The van der Waals surface area contributed by atoms with Crippen LogP contribution in [-0.2, 0) is 4.79 Å². The minimum absolute atomic E-state index is 0.107. The van der Waals surface area contributed by atoms with E-state index in [9.17, 15) is 9.59 Å². The van der Waals surface area contributed by atoms with E-state index < -0.39 is 5.54 Å². The number of carbonyl (C=O) groups is 2. The Balaban J connectivity index is 2.28. The molecule has 3 nitrogen and oxygen atoms in total. The van der Waals surface area contributed by atoms with Gasteiger partial charge in [0.15, 0.2) is 5.78 Å². The van der Waals surface area contributed by atoms with Gasteiger partial charge in [0.1, 0.15) is 0 Å². The standard InChI is InChI=1S/C14H16ClNO2/c1-14(2)12(17)4-3-9-16(14)13(18)10-5-7-11(15)8-6-10/h5-8H,3-4,9H2,1-2H3. The van der Waals surface area contributed by atoms with Gasteiger partial charge in [-0.15, -0.1) is 0 Å². The maximum atomic E-state index is 12.4. The van der Waals surface area contributed by atoms with E-state index in [1.807, 2.05) is 13.8 Å². The first-order valence-corrected chi connectivity index (χ1v) is 6.41. The zero-order valence-electron chi connectivity index (χ0n) is 10.6. The number of nitrogens with zero attached hydrogens (tertiary/aromatic N) is 1. The van der Waals surface area contributed by atoms with E-state index in [2.05, 4.69) is 0 Å². The molecule has 1 fully saturated rings. The number of benzene rings is 1. The molecule has 1 amide bonds. The SMILES string of the molecule is CC1(C)C(=O)CCCN1C(=O)c1ccc(Cl)cc1. The van der Waals surface area contributed by atoms with Crippen LogP contribution in [0.3, 0.4) is 0 Å². The third-order valence-corrected chi connectivity index (χ3v) is 3.73. The zero-order chi connectivity index (χ0) is 13.3. The van der Waals surface area contributed by atoms with Crippen molar-refractivity contribution < 1.29 is 9.59 Å². The lowest BCUT2D eigenvalue weighted by Gasteiger charge is -2.41. The molecule has 0 bridgehead atoms. The average Bonchev–Trinajstić information content (AvgIpc) is 2.33. The van der Waals surface area contributed by atoms with Gasteiger partial charge in [-0.05, 0) is 44.5 Å². The molecule has 1 aromatic rings. The monoisotopic (exact) mass is 265 g/mol. The summed E-state index contributed by atoms with van der Waals surface area (Å²) >= 11 is 5.80. The van der Waals surface area contributed by atoms with Crippen LogP contribution in [0.15, 0.2) is 24.3 Å². The molecule has 1 saturated heterocycles. The van der Waals surface area contributed by atoms with Crippen LogP contribution in [0.2, 0.25) is 5.02 Å². The Morgan fingerprint density at radius 3 is 2.50 bits per heavy atom. The molecule has 96 valence electrons. The summed E-state index contributed by atoms with van der Waals surface area (Å²) in [6.07, 6.45) is 1.29. The first kappa shape index (κ1) is 13.1. The van der Waals surface area contributed by atoms with E-state index in [0.29, 0.717) is 23.6 Å². The van der Waals surface area contributed by atoms with Crippen LogP contribution < -0.4 is 0 Å². The largest absolute Gasteiger partial charge is 0.326 e. The Labute approximate surface area is 112 Å². The topological polar surface area (TPSA) is 37.4 Å². The molecular formula is C14H16ClNO2. The van der Waals surface area contributed by atoms with Crippen molar-refractivity contribution in [3.8, 4) is 0 Å². The van der Waals surface area contributed by atoms with Gasteiger partial charge in [0, 0.05) is 23.6 Å². The molecule has 0 saturated carbocycles. The van der Waals surface area contributed by atoms with Crippen LogP contribution in [0.4, 0.5) is 0 Å². The average molecular weight is 266 g/mol. The van der Waals surface area contributed by atoms with Crippen molar-refractivity contribution in [2.45, 2.75) is 32.2 Å². The van der Waals surface area contributed by atoms with Gasteiger partial charge in [0.2, 0.25) is 0 Å². The molecule has 1 aromatic carbocycles. The Bertz CT molecular complexity index is 479. The fourth-order valence-corrected chi connectivity index (χ4v) is 2.36. The van der Waals surface area contributed by atoms with Gasteiger partial charge in [0.05, 0.1) is 5.54 Å². The Kier molecular flexibility index (Phi) is 3.44. The number of halogens is 1. The summed E-state index contributed by atoms with van der Waals surface area (Å²) in [5.74, 6) is 0.0146. The Hall–Kier alpha value is -1.35. The van der Waals surface area contributed by atoms with E-state index in [1.165, 1.54) is 0 Å². The van der Waals surface area contributed by atoms with E-state index in [0.717, 1.165) is 6.42 Å². The zero-order valence-corrected chi connectivity index (χ0v) is 11.3. The van der Waals surface area contributed by atoms with Crippen molar-refractivity contribution >= 4 is 23.3 Å². The van der Waals surface area contributed by atoms with Gasteiger partial charge in [-0.1, -0.05) is 11.6 Å². The molecule has 0 aromatic heterocycles. The molecular weight excluding hydrogens is 250 g/mol. The van der Waals surface area contributed by atoms with E-state index in [-0.39, 0.29) is 11.7 Å². The van der Waals surface area contributed by atoms with Crippen LogP contribution in [0.5, 0.6) is 0 Å². The van der Waals surface area contributed by atoms with Crippen molar-refractivity contribution in [1.29, 1.82) is 0 Å². The molecule has 1 aliphatic rings. The number of likely N-dealkylation sites (tertiary alicyclic amines) is 1. The highest BCUT2D eigenvalue weighted by Gasteiger charge is 2.40. The fraction of sp³-hybridized carbons (Fsp3) is 0.429. The van der Waals surface area contributed by atoms with Gasteiger partial charge in [-0.2, -0.15) is 0 Å². The minimum atomic E-state index is -0.713. The lowest BCUT2D eigenvalue weighted by atomic mass is 9.88. The molecule has 0 aliphatic carbocycles. The molecule has 18 heavy (non-hydrogen) atoms. The lowest BCUT2D eigenvalue weighted by Crippen LogP contribution is -2.56. The molecule has 2 rings (SSSR count). The van der Waals surface area contributed by atoms with Crippen molar-refractivity contribution in [1.82, 2.24) is 4.90 Å². The first-order valence-electron chi connectivity index (χ1n) is 6.04. The van der Waals surface area contributed by atoms with E-state index >= 15 is 0 Å². The minimum Gasteiger partial charge on any atom is -0.326 e. The van der Waals surface area contributed by atoms with Crippen LogP contribution in [0, 0.1) is 0 Å². The Morgan fingerprint density at radius 1 is 1.28 bits per heavy atom. The third-order valence-electron chi connectivity index (χ3n) is 3.48. The van der Waals surface area contributed by atoms with Crippen LogP contribution in [0.1, 0.15) is 37.0 Å². The molecule has 1 aliphatic heterocycles. The summed E-state index contributed by atoms with van der Waals surface area (Å²) in [4.78, 5) is 26.0. The molecule has 1 heterocycles. The number of hydrogen-bond acceptors (Lipinski definition) is 2. The highest BCUT2D eigenvalue weighted by molar-refractivity contribution is 6.30. The summed E-state index contributed by atoms with van der Waals surface area (Å²) < 4.78 is 0. The van der Waals surface area contributed by atoms with Crippen molar-refractivity contribution in [2.75, 3.05) is 6.54 Å². The van der Waals surface area contributed by atoms with Gasteiger partial charge in [-0.25, -0.2) is 0 Å². The highest BCUT2D eigenvalue weighted by atomic mass is 35.5. The second-order valence-corrected chi connectivity index (χ2v) is 5.49. The van der Waals surface area contributed by atoms with Crippen molar-refractivity contribution in [3.63, 3.8) is 0 Å². The number of ketones is 1. The Morgan fingerprint density at radius 2 is 1.89 bits per heavy atom. The third kappa shape index (κ3) is 2.27. The second kappa shape index (κ2) is 4.73. The summed E-state index contributed by atoms with van der Waals surface area (Å²) in [6, 6.07) is 6.76. The van der Waals surface area contributed by atoms with Crippen molar-refractivity contribution in [2.24, 2.45) is 0 Å². The molecule has 0 N–H and O–H groups in total. The maximum absolute atomic E-state index is 12.4. The van der Waals surface area contributed by atoms with Gasteiger partial charge in [-0.3, -0.25) is 9.59 Å². The summed E-state index contributed by atoms with van der Waals surface area (Å²) in [5.41, 5.74) is -0.142. The van der Waals surface area contributed by atoms with E-state index in [1.54, 1.807) is 29.2 Å². The quantitative estimate of drug-likeness (QED) is 0.783. The number of rotatable bonds is 1. The number of carbonyl (C=O) groups excluding carboxylic acids is 2. The van der Waals surface area contributed by atoms with Crippen LogP contribution >= 0.6 is 11.6 Å². The van der Waals surface area contributed by atoms with Gasteiger partial charge >= 0.3 is 0 Å². The predicted octanol–water partition coefficient (Wildman–Crippen LogP) is 2.92.